The van der Waals surface area contributed by atoms with Gasteiger partial charge in [-0.1, -0.05) is 84.3 Å². The number of hydrogen-bond acceptors (Lipinski definition) is 13. The van der Waals surface area contributed by atoms with Crippen molar-refractivity contribution in [2.75, 3.05) is 0 Å². The number of phenolic OH excluding ortho intramolecular Hbond substituents is 1. The van der Waals surface area contributed by atoms with Gasteiger partial charge in [-0.2, -0.15) is 65.9 Å². The Morgan fingerprint density at radius 1 is 0.427 bits per heavy atom. The van der Waals surface area contributed by atoms with E-state index in [4.69, 9.17) is 15.1 Å². The largest absolute Gasteiger partial charge is 0.508 e. The maximum atomic E-state index is 13.0. The van der Waals surface area contributed by atoms with E-state index < -0.39 is 82.2 Å². The highest BCUT2D eigenvalue weighted by molar-refractivity contribution is 9.11. The summed E-state index contributed by atoms with van der Waals surface area (Å²) in [6.45, 7) is 0. The summed E-state index contributed by atoms with van der Waals surface area (Å²) in [5.41, 5.74) is -5.54. The Labute approximate surface area is 557 Å². The fraction of sp³-hybridized carbons (Fsp3) is 0.0833. The first kappa shape index (κ1) is 77.5. The van der Waals surface area contributed by atoms with E-state index in [1.54, 1.807) is 42.5 Å². The Morgan fingerprint density at radius 3 is 1.20 bits per heavy atom. The number of aromatic nitrogens is 3. The van der Waals surface area contributed by atoms with Crippen molar-refractivity contribution in [3.8, 4) is 17.2 Å². The number of carbonyl (C=O) groups is 3. The lowest BCUT2D eigenvalue weighted by Gasteiger charge is -2.09. The fourth-order valence-corrected chi connectivity index (χ4v) is 8.27. The van der Waals surface area contributed by atoms with Gasteiger partial charge in [-0.25, -0.2) is 17.6 Å². The van der Waals surface area contributed by atoms with Gasteiger partial charge in [-0.05, 0) is 164 Å². The van der Waals surface area contributed by atoms with E-state index in [0.29, 0.717) is 33.9 Å². The van der Waals surface area contributed by atoms with Crippen molar-refractivity contribution in [2.45, 2.75) is 30.9 Å². The number of nitrogens with zero attached hydrogens (tertiary/aromatic N) is 4. The average Bonchev–Trinajstić information content (AvgIpc) is 1.64. The molecule has 13 nitrogen and oxygen atoms in total. The van der Waals surface area contributed by atoms with E-state index in [1.165, 1.54) is 91.0 Å². The molecule has 0 aliphatic heterocycles. The van der Waals surface area contributed by atoms with E-state index >= 15 is 0 Å². The minimum absolute atomic E-state index is 0.00451. The Hall–Kier alpha value is -9.16. The molecule has 11 rings (SSSR count). The van der Waals surface area contributed by atoms with Gasteiger partial charge in [0.2, 0.25) is 0 Å². The molecule has 0 atom stereocenters. The number of Topliss-reactive ketones (excluding diaryl/α,β-unsaturated/α-hetero) is 1. The van der Waals surface area contributed by atoms with Crippen LogP contribution >= 0.6 is 63.7 Å². The zero-order chi connectivity index (χ0) is 71.7. The van der Waals surface area contributed by atoms with Crippen LogP contribution in [0.1, 0.15) is 53.7 Å². The maximum absolute atomic E-state index is 13.0. The molecule has 0 aliphatic rings. The number of alkyl halides is 15. The second-order valence-corrected chi connectivity index (χ2v) is 21.6. The molecular weight excluding hydrogens is 1600 g/mol. The number of oxime groups is 1. The molecule has 11 aromatic rings. The molecule has 2 N–H and O–H groups in total. The standard InChI is InChI=1S/C15H8F3NO3.C8H4BrF4NO.C8H3BrF4O.C8H3BrF3NO.C8H4F3NO2.C7H5FO.C6H4BrF/c16-15(17,18)14-12-7-11(5-6-13(12)22-19-14)21-10-3-1-9(8-20)2-4-10;9-4-1-2-6(10)5(3-4)7(14-15)8(11,12)13;9-4-1-2-6(10)5(3-4)7(14)8(11,12)13;9-4-1-2-6-5(3-4)7(13-14-6)8(10,11)12;9-8(10,11)7-5-3-4(13)1-2-6(5)14-12-7;8-7-3-1-6(5-9)2-4-7;7-5-1-3-6(8)4-2-5/h1-8H;1-3,15H;2*1-3H;1-3,13H;1-5H;1-4H/b;14-7-;;;;;. The Kier molecular flexibility index (Phi) is 27.0. The Bertz CT molecular complexity index is 4350. The molecule has 0 amide bonds. The van der Waals surface area contributed by atoms with Crippen LogP contribution in [0.25, 0.3) is 32.9 Å². The van der Waals surface area contributed by atoms with Crippen LogP contribution < -0.4 is 4.74 Å². The summed E-state index contributed by atoms with van der Waals surface area (Å²) < 4.78 is 256. The molecule has 0 fully saturated rings. The van der Waals surface area contributed by atoms with Crippen molar-refractivity contribution >= 4 is 121 Å². The highest BCUT2D eigenvalue weighted by Crippen LogP contribution is 2.39. The molecule has 0 spiro atoms. The topological polar surface area (TPSA) is 191 Å². The van der Waals surface area contributed by atoms with Crippen molar-refractivity contribution in [3.63, 3.8) is 0 Å². The number of phenols is 1. The van der Waals surface area contributed by atoms with E-state index in [1.807, 2.05) is 0 Å². The van der Waals surface area contributed by atoms with Gasteiger partial charge in [0, 0.05) is 34.6 Å². The van der Waals surface area contributed by atoms with Gasteiger partial charge in [0.1, 0.15) is 53.1 Å². The predicted octanol–water partition coefficient (Wildman–Crippen LogP) is 21.5. The number of fused-ring (bicyclic) bond motifs is 3. The highest BCUT2D eigenvalue weighted by Gasteiger charge is 2.42. The van der Waals surface area contributed by atoms with Gasteiger partial charge in [-0.15, -0.1) is 0 Å². The first-order chi connectivity index (χ1) is 44.7. The summed E-state index contributed by atoms with van der Waals surface area (Å²) in [7, 11) is 0. The molecule has 506 valence electrons. The first-order valence-electron chi connectivity index (χ1n) is 25.1. The second kappa shape index (κ2) is 33.5. The molecule has 0 unspecified atom stereocenters. The van der Waals surface area contributed by atoms with Crippen molar-refractivity contribution in [1.29, 1.82) is 0 Å². The summed E-state index contributed by atoms with van der Waals surface area (Å²) in [5, 5.41) is 27.8. The van der Waals surface area contributed by atoms with Gasteiger partial charge >= 0.3 is 30.9 Å². The van der Waals surface area contributed by atoms with E-state index in [2.05, 4.69) is 97.9 Å². The molecule has 36 heteroatoms. The van der Waals surface area contributed by atoms with Crippen molar-refractivity contribution in [1.82, 2.24) is 15.5 Å². The van der Waals surface area contributed by atoms with Crippen molar-refractivity contribution in [3.05, 3.63) is 244 Å². The van der Waals surface area contributed by atoms with E-state index in [-0.39, 0.29) is 65.0 Å². The third kappa shape index (κ3) is 23.1. The molecule has 8 aromatic carbocycles. The lowest BCUT2D eigenvalue weighted by atomic mass is 10.1. The number of benzene rings is 8. The SMILES string of the molecule is FC(F)(F)c1noc2ccc(Br)cc12.Fc1ccc(Br)cc1.O/N=C(/c1cc(Br)ccc1F)C(F)(F)F.O=C(c1cc(Br)ccc1F)C(F)(F)F.O=Cc1ccc(F)cc1.O=Cc1ccc(Oc2ccc3onc(C(F)(F)F)c3c2)cc1.Oc1ccc2onc(C(F)(F)F)c2c1. The molecule has 0 aliphatic carbocycles. The normalized spacial score (nSPS) is 11.6. The van der Waals surface area contributed by atoms with Gasteiger partial charge in [0.25, 0.3) is 5.78 Å². The zero-order valence-corrected chi connectivity index (χ0v) is 52.8. The van der Waals surface area contributed by atoms with Gasteiger partial charge in [-0.3, -0.25) is 14.4 Å². The molecule has 0 saturated heterocycles. The van der Waals surface area contributed by atoms with Gasteiger partial charge in [0.15, 0.2) is 39.5 Å². The molecule has 0 radical (unpaired) electrons. The van der Waals surface area contributed by atoms with Crippen molar-refractivity contribution in [2.24, 2.45) is 5.16 Å². The second-order valence-electron chi connectivity index (χ2n) is 18.0. The van der Waals surface area contributed by atoms with Crippen LogP contribution in [0.3, 0.4) is 0 Å². The van der Waals surface area contributed by atoms with Crippen LogP contribution in [-0.4, -0.2) is 62.2 Å². The van der Waals surface area contributed by atoms with E-state index in [0.717, 1.165) is 34.8 Å². The monoisotopic (exact) mass is 1630 g/mol. The molecule has 96 heavy (non-hydrogen) atoms. The zero-order valence-electron chi connectivity index (χ0n) is 46.5. The number of halogens is 23. The lowest BCUT2D eigenvalue weighted by Crippen LogP contribution is -2.25. The first-order valence-corrected chi connectivity index (χ1v) is 28.3. The van der Waals surface area contributed by atoms with Crippen LogP contribution in [-0.2, 0) is 18.5 Å². The number of rotatable bonds is 6. The quantitative estimate of drug-likeness (QED) is 0.0400. The number of carbonyl (C=O) groups excluding carboxylic acids is 3. The number of aromatic hydroxyl groups is 1. The molecule has 3 heterocycles. The van der Waals surface area contributed by atoms with Crippen LogP contribution in [0.4, 0.5) is 83.4 Å². The summed E-state index contributed by atoms with van der Waals surface area (Å²) >= 11 is 12.0. The number of ether oxygens (including phenoxy) is 1. The van der Waals surface area contributed by atoms with E-state index in [9.17, 15) is 97.8 Å². The van der Waals surface area contributed by atoms with Crippen LogP contribution in [0.5, 0.6) is 17.2 Å². The summed E-state index contributed by atoms with van der Waals surface area (Å²) in [5.74, 6) is -4.65. The molecule has 0 bridgehead atoms. The van der Waals surface area contributed by atoms with Crippen LogP contribution in [0, 0.1) is 23.3 Å². The smallest absolute Gasteiger partial charge is 0.454 e. The number of hydrogen-bond donors (Lipinski definition) is 2. The van der Waals surface area contributed by atoms with Crippen LogP contribution in [0.15, 0.2) is 200 Å². The van der Waals surface area contributed by atoms with Crippen LogP contribution in [0.2, 0.25) is 0 Å². The van der Waals surface area contributed by atoms with Crippen molar-refractivity contribution < 1.29 is 126 Å². The number of ketones is 1. The summed E-state index contributed by atoms with van der Waals surface area (Å²) in [6, 6.07) is 35.3. The number of aldehydes is 2. The molecule has 0 saturated carbocycles. The minimum Gasteiger partial charge on any atom is -0.508 e. The summed E-state index contributed by atoms with van der Waals surface area (Å²) in [6.07, 6.45) is -22.2. The predicted molar refractivity (Wildman–Crippen MR) is 317 cm³/mol. The third-order valence-corrected chi connectivity index (χ3v) is 13.2. The summed E-state index contributed by atoms with van der Waals surface area (Å²) in [4.78, 5) is 31.2. The molecule has 3 aromatic heterocycles. The Morgan fingerprint density at radius 2 is 0.781 bits per heavy atom. The minimum atomic E-state index is -5.05. The molecular formula is C60H31Br4F19N4O9. The third-order valence-electron chi connectivity index (χ3n) is 11.2. The van der Waals surface area contributed by atoms with Gasteiger partial charge < -0.3 is 28.6 Å². The maximum Gasteiger partial charge on any atom is 0.454 e. The average molecular weight is 1630 g/mol. The fourth-order valence-electron chi connectivity index (χ4n) is 6.92. The Balaban J connectivity index is 0.000000207. The lowest BCUT2D eigenvalue weighted by molar-refractivity contribution is -0.142. The highest BCUT2D eigenvalue weighted by atomic mass is 79.9. The van der Waals surface area contributed by atoms with Gasteiger partial charge in [0.05, 0.1) is 21.7 Å².